The topological polar surface area (TPSA) is 38.5 Å². The molecular weight excluding hydrogens is 272 g/mol. The third-order valence-electron chi connectivity index (χ3n) is 4.30. The van der Waals surface area contributed by atoms with E-state index in [1.807, 2.05) is 13.0 Å². The Hall–Kier alpha value is -2.00. The van der Waals surface area contributed by atoms with Crippen LogP contribution in [0.15, 0.2) is 48.5 Å². The number of anilines is 1. The fraction of sp³-hybridized carbons (Fsp3) is 0.368. The number of nitrogens with two attached hydrogens (primary N) is 1. The van der Waals surface area contributed by atoms with Gasteiger partial charge in [0, 0.05) is 18.8 Å². The highest BCUT2D eigenvalue weighted by atomic mass is 16.5. The summed E-state index contributed by atoms with van der Waals surface area (Å²) < 4.78 is 5.64. The normalized spacial score (nSPS) is 15.3. The zero-order valence-electron chi connectivity index (χ0n) is 13.2. The molecule has 3 rings (SSSR count). The second-order valence-electron chi connectivity index (χ2n) is 5.68. The number of hydrogen-bond acceptors (Lipinski definition) is 3. The van der Waals surface area contributed by atoms with E-state index in [1.54, 1.807) is 0 Å². The van der Waals surface area contributed by atoms with Crippen LogP contribution in [0, 0.1) is 0 Å². The highest BCUT2D eigenvalue weighted by Crippen LogP contribution is 2.34. The average molecular weight is 296 g/mol. The van der Waals surface area contributed by atoms with Crippen LogP contribution < -0.4 is 15.4 Å². The molecule has 2 aromatic rings. The Labute approximate surface area is 132 Å². The van der Waals surface area contributed by atoms with Crippen molar-refractivity contribution in [3.05, 3.63) is 59.7 Å². The van der Waals surface area contributed by atoms with Gasteiger partial charge in [-0.2, -0.15) is 0 Å². The van der Waals surface area contributed by atoms with Crippen molar-refractivity contribution < 1.29 is 4.74 Å². The molecule has 2 aromatic carbocycles. The third-order valence-corrected chi connectivity index (χ3v) is 4.30. The summed E-state index contributed by atoms with van der Waals surface area (Å²) in [6, 6.07) is 17.2. The van der Waals surface area contributed by atoms with Gasteiger partial charge in [-0.3, -0.25) is 0 Å². The second-order valence-corrected chi connectivity index (χ2v) is 5.68. The number of ether oxygens (including phenoxy) is 1. The fourth-order valence-corrected chi connectivity index (χ4v) is 3.31. The van der Waals surface area contributed by atoms with Crippen molar-refractivity contribution in [1.29, 1.82) is 0 Å². The predicted octanol–water partition coefficient (Wildman–Crippen LogP) is 3.54. The van der Waals surface area contributed by atoms with Crippen LogP contribution in [0.2, 0.25) is 0 Å². The summed E-state index contributed by atoms with van der Waals surface area (Å²) in [5.41, 5.74) is 10.1. The van der Waals surface area contributed by atoms with Gasteiger partial charge in [0.1, 0.15) is 5.75 Å². The summed E-state index contributed by atoms with van der Waals surface area (Å²) in [4.78, 5) is 2.45. The van der Waals surface area contributed by atoms with E-state index in [9.17, 15) is 0 Å². The minimum Gasteiger partial charge on any atom is -0.494 e. The van der Waals surface area contributed by atoms with Gasteiger partial charge in [-0.1, -0.05) is 30.3 Å². The first-order valence-corrected chi connectivity index (χ1v) is 8.11. The van der Waals surface area contributed by atoms with Gasteiger partial charge in [-0.05, 0) is 49.1 Å². The number of aryl methyl sites for hydroxylation is 1. The molecule has 0 radical (unpaired) electrons. The lowest BCUT2D eigenvalue weighted by atomic mass is 9.97. The average Bonchev–Trinajstić information content (AvgIpc) is 2.56. The van der Waals surface area contributed by atoms with Gasteiger partial charge in [-0.15, -0.1) is 0 Å². The molecule has 0 fully saturated rings. The molecule has 1 atom stereocenters. The van der Waals surface area contributed by atoms with Gasteiger partial charge in [0.2, 0.25) is 0 Å². The molecule has 22 heavy (non-hydrogen) atoms. The zero-order chi connectivity index (χ0) is 15.4. The van der Waals surface area contributed by atoms with E-state index in [1.165, 1.54) is 23.2 Å². The van der Waals surface area contributed by atoms with Crippen LogP contribution in [-0.2, 0) is 6.42 Å². The number of para-hydroxylation sites is 1. The monoisotopic (exact) mass is 296 g/mol. The summed E-state index contributed by atoms with van der Waals surface area (Å²) in [5.74, 6) is 0.920. The molecule has 1 unspecified atom stereocenters. The Morgan fingerprint density at radius 3 is 2.86 bits per heavy atom. The maximum Gasteiger partial charge on any atom is 0.119 e. The fourth-order valence-electron chi connectivity index (χ4n) is 3.31. The lowest BCUT2D eigenvalue weighted by molar-refractivity contribution is 0.339. The smallest absolute Gasteiger partial charge is 0.119 e. The summed E-state index contributed by atoms with van der Waals surface area (Å²) >= 11 is 0. The molecule has 116 valence electrons. The molecule has 0 saturated heterocycles. The van der Waals surface area contributed by atoms with E-state index < -0.39 is 0 Å². The summed E-state index contributed by atoms with van der Waals surface area (Å²) in [7, 11) is 0. The maximum atomic E-state index is 6.13. The third kappa shape index (κ3) is 2.95. The van der Waals surface area contributed by atoms with E-state index >= 15 is 0 Å². The van der Waals surface area contributed by atoms with Crippen LogP contribution in [0.1, 0.15) is 30.5 Å². The van der Waals surface area contributed by atoms with Gasteiger partial charge in [0.25, 0.3) is 0 Å². The second kappa shape index (κ2) is 6.84. The van der Waals surface area contributed by atoms with Crippen molar-refractivity contribution in [3.63, 3.8) is 0 Å². The van der Waals surface area contributed by atoms with Crippen LogP contribution in [0.25, 0.3) is 0 Å². The van der Waals surface area contributed by atoms with Crippen LogP contribution in [0.3, 0.4) is 0 Å². The molecule has 2 N–H and O–H groups in total. The summed E-state index contributed by atoms with van der Waals surface area (Å²) in [5, 5.41) is 0. The largest absolute Gasteiger partial charge is 0.494 e. The quantitative estimate of drug-likeness (QED) is 0.917. The molecule has 3 nitrogen and oxygen atoms in total. The van der Waals surface area contributed by atoms with E-state index in [0.29, 0.717) is 13.2 Å². The highest BCUT2D eigenvalue weighted by molar-refractivity contribution is 5.57. The van der Waals surface area contributed by atoms with E-state index in [0.717, 1.165) is 18.7 Å². The van der Waals surface area contributed by atoms with E-state index in [4.69, 9.17) is 10.5 Å². The standard InChI is InChI=1S/C19H24N2O/c1-2-22-17-10-5-8-16(13-17)19(14-20)21-12-6-9-15-7-3-4-11-18(15)21/h3-5,7-8,10-11,13,19H,2,6,9,12,14,20H2,1H3. The molecular formula is C19H24N2O. The van der Waals surface area contributed by atoms with E-state index in [2.05, 4.69) is 47.4 Å². The van der Waals surface area contributed by atoms with E-state index in [-0.39, 0.29) is 6.04 Å². The number of hydrogen-bond donors (Lipinski definition) is 1. The number of nitrogens with zero attached hydrogens (tertiary/aromatic N) is 1. The number of benzene rings is 2. The Bertz CT molecular complexity index is 626. The van der Waals surface area contributed by atoms with Gasteiger partial charge in [0.15, 0.2) is 0 Å². The van der Waals surface area contributed by atoms with Crippen LogP contribution in [-0.4, -0.2) is 19.7 Å². The molecule has 0 amide bonds. The van der Waals surface area contributed by atoms with Crippen LogP contribution in [0.4, 0.5) is 5.69 Å². The minimum atomic E-state index is 0.196. The summed E-state index contributed by atoms with van der Waals surface area (Å²) in [6.07, 6.45) is 2.33. The molecule has 1 aliphatic heterocycles. The van der Waals surface area contributed by atoms with Crippen LogP contribution in [0.5, 0.6) is 5.75 Å². The van der Waals surface area contributed by atoms with Crippen molar-refractivity contribution in [2.45, 2.75) is 25.8 Å². The molecule has 0 aliphatic carbocycles. The first-order chi connectivity index (χ1) is 10.8. The molecule has 1 aliphatic rings. The van der Waals surface area contributed by atoms with Crippen molar-refractivity contribution in [2.24, 2.45) is 5.73 Å². The Morgan fingerprint density at radius 1 is 1.18 bits per heavy atom. The molecule has 0 bridgehead atoms. The molecule has 0 saturated carbocycles. The van der Waals surface area contributed by atoms with Crippen LogP contribution >= 0.6 is 0 Å². The summed E-state index contributed by atoms with van der Waals surface area (Å²) in [6.45, 7) is 4.35. The first-order valence-electron chi connectivity index (χ1n) is 8.11. The predicted molar refractivity (Wildman–Crippen MR) is 91.5 cm³/mol. The molecule has 3 heteroatoms. The molecule has 0 spiro atoms. The minimum absolute atomic E-state index is 0.196. The zero-order valence-corrected chi connectivity index (χ0v) is 13.2. The van der Waals surface area contributed by atoms with Crippen molar-refractivity contribution in [3.8, 4) is 5.75 Å². The molecule has 0 aromatic heterocycles. The Morgan fingerprint density at radius 2 is 2.05 bits per heavy atom. The lowest BCUT2D eigenvalue weighted by Crippen LogP contribution is -2.37. The van der Waals surface area contributed by atoms with Crippen molar-refractivity contribution >= 4 is 5.69 Å². The highest BCUT2D eigenvalue weighted by Gasteiger charge is 2.24. The lowest BCUT2D eigenvalue weighted by Gasteiger charge is -2.38. The number of rotatable bonds is 5. The van der Waals surface area contributed by atoms with Gasteiger partial charge in [0.05, 0.1) is 12.6 Å². The Kier molecular flexibility index (Phi) is 4.64. The maximum absolute atomic E-state index is 6.13. The van der Waals surface area contributed by atoms with Gasteiger partial charge >= 0.3 is 0 Å². The molecule has 1 heterocycles. The Balaban J connectivity index is 1.93. The van der Waals surface area contributed by atoms with Crippen molar-refractivity contribution in [2.75, 3.05) is 24.6 Å². The van der Waals surface area contributed by atoms with Gasteiger partial charge in [-0.25, -0.2) is 0 Å². The SMILES string of the molecule is CCOc1cccc(C(CN)N2CCCc3ccccc32)c1. The first kappa shape index (κ1) is 14.9. The van der Waals surface area contributed by atoms with Gasteiger partial charge < -0.3 is 15.4 Å². The number of fused-ring (bicyclic) bond motifs is 1. The van der Waals surface area contributed by atoms with Crippen molar-refractivity contribution in [1.82, 2.24) is 0 Å².